The predicted octanol–water partition coefficient (Wildman–Crippen LogP) is 3.24. The lowest BCUT2D eigenvalue weighted by molar-refractivity contribution is 0.129. The van der Waals surface area contributed by atoms with Crippen LogP contribution in [-0.2, 0) is 11.2 Å². The standard InChI is InChI=1S/C20H35N3O4.HI/c1-6-7-14-27-15-8-12-22-20(21-2)23-13-11-16-9-10-17(24-3)19(26-5)18(16)25-4;/h9-10H,6-8,11-15H2,1-5H3,(H2,21,22,23);1H. The molecule has 0 fully saturated rings. The second-order valence-electron chi connectivity index (χ2n) is 5.99. The van der Waals surface area contributed by atoms with E-state index in [1.54, 1.807) is 28.4 Å². The largest absolute Gasteiger partial charge is 0.493 e. The highest BCUT2D eigenvalue weighted by atomic mass is 127. The molecule has 0 aromatic heterocycles. The number of ether oxygens (including phenoxy) is 4. The second kappa shape index (κ2) is 16.5. The van der Waals surface area contributed by atoms with Gasteiger partial charge in [0.25, 0.3) is 0 Å². The molecular formula is C20H36IN3O4. The monoisotopic (exact) mass is 509 g/mol. The Hall–Kier alpha value is -1.42. The van der Waals surface area contributed by atoms with Crippen molar-refractivity contribution in [2.75, 3.05) is 54.7 Å². The zero-order chi connectivity index (χ0) is 19.9. The summed E-state index contributed by atoms with van der Waals surface area (Å²) in [5.41, 5.74) is 1.04. The van der Waals surface area contributed by atoms with E-state index in [1.807, 2.05) is 12.1 Å². The Kier molecular flexibility index (Phi) is 15.7. The van der Waals surface area contributed by atoms with Crippen molar-refractivity contribution >= 4 is 29.9 Å². The van der Waals surface area contributed by atoms with Crippen LogP contribution in [0.2, 0.25) is 0 Å². The summed E-state index contributed by atoms with van der Waals surface area (Å²) in [4.78, 5) is 4.25. The van der Waals surface area contributed by atoms with Gasteiger partial charge in [0.15, 0.2) is 17.5 Å². The third kappa shape index (κ3) is 9.18. The van der Waals surface area contributed by atoms with Gasteiger partial charge in [0.05, 0.1) is 21.3 Å². The molecule has 0 atom stereocenters. The molecule has 0 unspecified atom stereocenters. The minimum atomic E-state index is 0. The van der Waals surface area contributed by atoms with Crippen LogP contribution in [0.4, 0.5) is 0 Å². The summed E-state index contributed by atoms with van der Waals surface area (Å²) in [6.45, 7) is 5.33. The molecule has 7 nitrogen and oxygen atoms in total. The lowest BCUT2D eigenvalue weighted by Gasteiger charge is -2.16. The molecule has 0 radical (unpaired) electrons. The van der Waals surface area contributed by atoms with E-state index in [0.29, 0.717) is 17.2 Å². The molecule has 162 valence electrons. The number of nitrogens with one attached hydrogen (secondary N) is 2. The van der Waals surface area contributed by atoms with Gasteiger partial charge in [-0.3, -0.25) is 4.99 Å². The van der Waals surface area contributed by atoms with Crippen LogP contribution in [0.3, 0.4) is 0 Å². The normalized spacial score (nSPS) is 10.8. The summed E-state index contributed by atoms with van der Waals surface area (Å²) in [7, 11) is 6.63. The number of aliphatic imine (C=N–C) groups is 1. The molecule has 0 heterocycles. The third-order valence-corrected chi connectivity index (χ3v) is 4.10. The van der Waals surface area contributed by atoms with Gasteiger partial charge in [-0.15, -0.1) is 24.0 Å². The molecule has 0 bridgehead atoms. The van der Waals surface area contributed by atoms with Gasteiger partial charge < -0.3 is 29.6 Å². The maximum absolute atomic E-state index is 5.56. The lowest BCUT2D eigenvalue weighted by atomic mass is 10.1. The molecule has 0 saturated heterocycles. The number of hydrogen-bond donors (Lipinski definition) is 2. The van der Waals surface area contributed by atoms with Crippen molar-refractivity contribution in [2.45, 2.75) is 32.6 Å². The number of rotatable bonds is 13. The van der Waals surface area contributed by atoms with Crippen LogP contribution in [0.5, 0.6) is 17.2 Å². The number of hydrogen-bond acceptors (Lipinski definition) is 5. The van der Waals surface area contributed by atoms with Gasteiger partial charge in [0.2, 0.25) is 5.75 Å². The average molecular weight is 509 g/mol. The van der Waals surface area contributed by atoms with E-state index in [-0.39, 0.29) is 24.0 Å². The molecule has 0 amide bonds. The Bertz CT molecular complexity index is 571. The highest BCUT2D eigenvalue weighted by molar-refractivity contribution is 14.0. The number of methoxy groups -OCH3 is 3. The first-order valence-corrected chi connectivity index (χ1v) is 9.51. The first-order chi connectivity index (χ1) is 13.2. The van der Waals surface area contributed by atoms with Crippen LogP contribution in [0, 0.1) is 0 Å². The van der Waals surface area contributed by atoms with E-state index >= 15 is 0 Å². The van der Waals surface area contributed by atoms with Crippen molar-refractivity contribution in [2.24, 2.45) is 4.99 Å². The molecule has 0 saturated carbocycles. The summed E-state index contributed by atoms with van der Waals surface area (Å²) in [5, 5.41) is 6.62. The van der Waals surface area contributed by atoms with Crippen molar-refractivity contribution in [3.63, 3.8) is 0 Å². The Morgan fingerprint density at radius 3 is 2.21 bits per heavy atom. The number of nitrogens with zero attached hydrogens (tertiary/aromatic N) is 1. The van der Waals surface area contributed by atoms with Gasteiger partial charge in [-0.1, -0.05) is 19.4 Å². The highest BCUT2D eigenvalue weighted by Crippen LogP contribution is 2.39. The maximum Gasteiger partial charge on any atom is 0.203 e. The number of benzene rings is 1. The Labute approximate surface area is 186 Å². The van der Waals surface area contributed by atoms with Crippen molar-refractivity contribution in [3.8, 4) is 17.2 Å². The lowest BCUT2D eigenvalue weighted by Crippen LogP contribution is -2.39. The number of unbranched alkanes of at least 4 members (excludes halogenated alkanes) is 1. The summed E-state index contributed by atoms with van der Waals surface area (Å²) >= 11 is 0. The van der Waals surface area contributed by atoms with Gasteiger partial charge in [-0.05, 0) is 25.3 Å². The van der Waals surface area contributed by atoms with E-state index < -0.39 is 0 Å². The molecule has 2 N–H and O–H groups in total. The fraction of sp³-hybridized carbons (Fsp3) is 0.650. The summed E-state index contributed by atoms with van der Waals surface area (Å²) in [6, 6.07) is 3.88. The number of halogens is 1. The first kappa shape index (κ1) is 26.6. The van der Waals surface area contributed by atoms with Crippen molar-refractivity contribution in [3.05, 3.63) is 17.7 Å². The molecule has 0 aliphatic rings. The first-order valence-electron chi connectivity index (χ1n) is 9.51. The smallest absolute Gasteiger partial charge is 0.203 e. The average Bonchev–Trinajstić information content (AvgIpc) is 2.70. The molecule has 1 rings (SSSR count). The van der Waals surface area contributed by atoms with E-state index in [1.165, 1.54) is 6.42 Å². The van der Waals surface area contributed by atoms with Crippen LogP contribution in [0.25, 0.3) is 0 Å². The Morgan fingerprint density at radius 2 is 1.61 bits per heavy atom. The number of guanidine groups is 1. The van der Waals surface area contributed by atoms with Crippen LogP contribution in [0.1, 0.15) is 31.7 Å². The van der Waals surface area contributed by atoms with E-state index in [2.05, 4.69) is 22.5 Å². The summed E-state index contributed by atoms with van der Waals surface area (Å²) in [6.07, 6.45) is 4.01. The SMILES string of the molecule is CCCCOCCCNC(=NC)NCCc1ccc(OC)c(OC)c1OC.I. The molecule has 8 heteroatoms. The van der Waals surface area contributed by atoms with Crippen molar-refractivity contribution < 1.29 is 18.9 Å². The predicted molar refractivity (Wildman–Crippen MR) is 125 cm³/mol. The molecule has 28 heavy (non-hydrogen) atoms. The van der Waals surface area contributed by atoms with Gasteiger partial charge in [0.1, 0.15) is 0 Å². The fourth-order valence-electron chi connectivity index (χ4n) is 2.63. The zero-order valence-corrected chi connectivity index (χ0v) is 20.1. The van der Waals surface area contributed by atoms with Gasteiger partial charge >= 0.3 is 0 Å². The fourth-order valence-corrected chi connectivity index (χ4v) is 2.63. The zero-order valence-electron chi connectivity index (χ0n) is 17.8. The minimum Gasteiger partial charge on any atom is -0.493 e. The Morgan fingerprint density at radius 1 is 0.929 bits per heavy atom. The molecule has 0 aliphatic heterocycles. The van der Waals surface area contributed by atoms with Crippen LogP contribution < -0.4 is 24.8 Å². The quantitative estimate of drug-likeness (QED) is 0.184. The summed E-state index contributed by atoms with van der Waals surface area (Å²) in [5.74, 6) is 2.75. The van der Waals surface area contributed by atoms with Crippen molar-refractivity contribution in [1.29, 1.82) is 0 Å². The molecule has 0 spiro atoms. The molecule has 1 aromatic carbocycles. The molecule has 1 aromatic rings. The van der Waals surface area contributed by atoms with Gasteiger partial charge in [0, 0.05) is 38.9 Å². The van der Waals surface area contributed by atoms with E-state index in [0.717, 1.165) is 57.1 Å². The van der Waals surface area contributed by atoms with Crippen LogP contribution in [0.15, 0.2) is 17.1 Å². The van der Waals surface area contributed by atoms with Crippen LogP contribution in [-0.4, -0.2) is 60.6 Å². The minimum absolute atomic E-state index is 0. The second-order valence-corrected chi connectivity index (χ2v) is 5.99. The topological polar surface area (TPSA) is 73.3 Å². The summed E-state index contributed by atoms with van der Waals surface area (Å²) < 4.78 is 21.8. The molecule has 0 aliphatic carbocycles. The van der Waals surface area contributed by atoms with Gasteiger partial charge in [-0.2, -0.15) is 0 Å². The van der Waals surface area contributed by atoms with Crippen LogP contribution >= 0.6 is 24.0 Å². The van der Waals surface area contributed by atoms with E-state index in [4.69, 9.17) is 18.9 Å². The Balaban J connectivity index is 0.00000729. The maximum atomic E-state index is 5.56. The van der Waals surface area contributed by atoms with Crippen molar-refractivity contribution in [1.82, 2.24) is 10.6 Å². The molecular weight excluding hydrogens is 473 g/mol. The highest BCUT2D eigenvalue weighted by Gasteiger charge is 2.15. The third-order valence-electron chi connectivity index (χ3n) is 4.10. The van der Waals surface area contributed by atoms with E-state index in [9.17, 15) is 0 Å². The van der Waals surface area contributed by atoms with Gasteiger partial charge in [-0.25, -0.2) is 0 Å².